The molecule has 1 heterocycles. The number of halogens is 7. The Hall–Kier alpha value is -2.24. The van der Waals surface area contributed by atoms with Crippen molar-refractivity contribution in [2.75, 3.05) is 0 Å². The average molecular weight is 674 g/mol. The van der Waals surface area contributed by atoms with Crippen molar-refractivity contribution in [2.24, 2.45) is 0 Å². The van der Waals surface area contributed by atoms with Crippen LogP contribution in [0.5, 0.6) is 0 Å². The van der Waals surface area contributed by atoms with Crippen molar-refractivity contribution in [1.82, 2.24) is 4.98 Å². The second kappa shape index (κ2) is 19.2. The van der Waals surface area contributed by atoms with E-state index in [1.165, 1.54) is 23.8 Å². The monoisotopic (exact) mass is 671 g/mol. The van der Waals surface area contributed by atoms with Crippen molar-refractivity contribution < 1.29 is 13.2 Å². The van der Waals surface area contributed by atoms with Crippen molar-refractivity contribution in [3.8, 4) is 0 Å². The van der Waals surface area contributed by atoms with Crippen LogP contribution in [-0.4, -0.2) is 4.98 Å². The average Bonchev–Trinajstić information content (AvgIpc) is 2.95. The van der Waals surface area contributed by atoms with Gasteiger partial charge in [-0.15, -0.1) is 0 Å². The zero-order valence-electron chi connectivity index (χ0n) is 25.8. The summed E-state index contributed by atoms with van der Waals surface area (Å²) in [6.45, 7) is 16.1. The van der Waals surface area contributed by atoms with E-state index in [4.69, 9.17) is 46.4 Å². The third-order valence-electron chi connectivity index (χ3n) is 6.22. The maximum absolute atomic E-state index is 13.1. The fraction of sp³-hybridized carbons (Fsp3) is 0.343. The molecule has 0 saturated carbocycles. The predicted octanol–water partition coefficient (Wildman–Crippen LogP) is 13.7. The Bertz CT molecular complexity index is 1410. The van der Waals surface area contributed by atoms with Crippen LogP contribution >= 0.6 is 46.4 Å². The van der Waals surface area contributed by atoms with Crippen LogP contribution in [0.2, 0.25) is 20.2 Å². The summed E-state index contributed by atoms with van der Waals surface area (Å²) in [7, 11) is 0. The molecule has 0 aliphatic heterocycles. The zero-order chi connectivity index (χ0) is 32.9. The molecule has 0 aliphatic carbocycles. The summed E-state index contributed by atoms with van der Waals surface area (Å²) in [4.78, 5) is 3.93. The van der Waals surface area contributed by atoms with E-state index in [1.807, 2.05) is 39.8 Å². The third-order valence-corrected chi connectivity index (χ3v) is 7.49. The third kappa shape index (κ3) is 13.5. The van der Waals surface area contributed by atoms with Crippen molar-refractivity contribution in [2.45, 2.75) is 79.1 Å². The van der Waals surface area contributed by atoms with E-state index >= 15 is 0 Å². The van der Waals surface area contributed by atoms with Crippen LogP contribution in [0.1, 0.15) is 101 Å². The number of pyridine rings is 1. The van der Waals surface area contributed by atoms with Crippen LogP contribution < -0.4 is 0 Å². The van der Waals surface area contributed by atoms with Gasteiger partial charge in [0.05, 0.1) is 5.02 Å². The van der Waals surface area contributed by atoms with Crippen molar-refractivity contribution in [3.05, 3.63) is 133 Å². The van der Waals surface area contributed by atoms with Gasteiger partial charge in [0.1, 0.15) is 27.6 Å². The van der Waals surface area contributed by atoms with Crippen molar-refractivity contribution >= 4 is 46.4 Å². The molecule has 0 N–H and O–H groups in total. The number of hydrogen-bond acceptors (Lipinski definition) is 1. The van der Waals surface area contributed by atoms with Crippen LogP contribution in [-0.2, 0) is 0 Å². The second-order valence-corrected chi connectivity index (χ2v) is 12.6. The van der Waals surface area contributed by atoms with Crippen LogP contribution in [0.3, 0.4) is 0 Å². The molecule has 1 aromatic heterocycles. The predicted molar refractivity (Wildman–Crippen MR) is 180 cm³/mol. The quantitative estimate of drug-likeness (QED) is 0.155. The Kier molecular flexibility index (Phi) is 17.3. The summed E-state index contributed by atoms with van der Waals surface area (Å²) in [5.41, 5.74) is 3.65. The van der Waals surface area contributed by atoms with Gasteiger partial charge < -0.3 is 0 Å². The molecule has 8 heteroatoms. The summed E-state index contributed by atoms with van der Waals surface area (Å²) in [5.74, 6) is -0.227. The molecule has 43 heavy (non-hydrogen) atoms. The van der Waals surface area contributed by atoms with Gasteiger partial charge in [-0.2, -0.15) is 0 Å². The minimum absolute atomic E-state index is 0.0168. The normalized spacial score (nSPS) is 10.6. The summed E-state index contributed by atoms with van der Waals surface area (Å²) in [6, 6.07) is 19.6. The lowest BCUT2D eigenvalue weighted by Gasteiger charge is -2.07. The zero-order valence-corrected chi connectivity index (χ0v) is 28.9. The lowest BCUT2D eigenvalue weighted by Crippen LogP contribution is -1.95. The number of hydrogen-bond donors (Lipinski definition) is 0. The van der Waals surface area contributed by atoms with E-state index in [0.717, 1.165) is 5.56 Å². The van der Waals surface area contributed by atoms with E-state index in [-0.39, 0.29) is 17.7 Å². The molecule has 0 atom stereocenters. The molecule has 0 fully saturated rings. The molecule has 0 unspecified atom stereocenters. The number of nitrogens with zero attached hydrogens (tertiary/aromatic N) is 1. The minimum atomic E-state index is -0.710. The SMILES string of the molecule is CC(C)c1cc(Cl)ccc1F.CC(C)c1ccc(F)c(Cl)c1F.CC(C)c1ccccc1.CC(C)c1cnc(Cl)c(Cl)c1. The first kappa shape index (κ1) is 38.8. The highest BCUT2D eigenvalue weighted by Crippen LogP contribution is 2.27. The van der Waals surface area contributed by atoms with Gasteiger partial charge in [0.15, 0.2) is 0 Å². The molecular formula is C35H40Cl4F3N. The first-order chi connectivity index (χ1) is 20.1. The Labute approximate surface area is 275 Å². The minimum Gasteiger partial charge on any atom is -0.243 e. The lowest BCUT2D eigenvalue weighted by molar-refractivity contribution is 0.566. The molecular weight excluding hydrogens is 633 g/mol. The number of rotatable bonds is 4. The first-order valence-electron chi connectivity index (χ1n) is 14.0. The van der Waals surface area contributed by atoms with Gasteiger partial charge in [-0.1, -0.05) is 138 Å². The fourth-order valence-corrected chi connectivity index (χ4v) is 4.16. The van der Waals surface area contributed by atoms with Gasteiger partial charge in [0.2, 0.25) is 0 Å². The molecule has 0 radical (unpaired) electrons. The first-order valence-corrected chi connectivity index (χ1v) is 15.5. The summed E-state index contributed by atoms with van der Waals surface area (Å²) in [5, 5.41) is 1.07. The maximum Gasteiger partial charge on any atom is 0.148 e. The van der Waals surface area contributed by atoms with E-state index in [9.17, 15) is 13.2 Å². The molecule has 0 aliphatic rings. The summed E-state index contributed by atoms with van der Waals surface area (Å²) >= 11 is 22.5. The highest BCUT2D eigenvalue weighted by Gasteiger charge is 2.13. The van der Waals surface area contributed by atoms with E-state index in [2.05, 4.69) is 56.9 Å². The van der Waals surface area contributed by atoms with Gasteiger partial charge in [-0.3, -0.25) is 0 Å². The maximum atomic E-state index is 13.1. The van der Waals surface area contributed by atoms with E-state index in [0.29, 0.717) is 38.2 Å². The smallest absolute Gasteiger partial charge is 0.148 e. The van der Waals surface area contributed by atoms with Gasteiger partial charge >= 0.3 is 0 Å². The number of aromatic nitrogens is 1. The molecule has 4 aromatic rings. The van der Waals surface area contributed by atoms with E-state index in [1.54, 1.807) is 18.3 Å². The van der Waals surface area contributed by atoms with Crippen LogP contribution in [0.25, 0.3) is 0 Å². The van der Waals surface area contributed by atoms with Crippen LogP contribution in [0, 0.1) is 17.5 Å². The Morgan fingerprint density at radius 3 is 1.53 bits per heavy atom. The topological polar surface area (TPSA) is 12.9 Å². The summed E-state index contributed by atoms with van der Waals surface area (Å²) in [6.07, 6.45) is 1.75. The Balaban J connectivity index is 0.000000288. The number of benzene rings is 3. The Morgan fingerprint density at radius 2 is 1.09 bits per heavy atom. The van der Waals surface area contributed by atoms with Crippen molar-refractivity contribution in [1.29, 1.82) is 0 Å². The molecule has 0 saturated heterocycles. The summed E-state index contributed by atoms with van der Waals surface area (Å²) < 4.78 is 38.8. The molecule has 4 rings (SSSR count). The lowest BCUT2D eigenvalue weighted by atomic mass is 10.0. The van der Waals surface area contributed by atoms with Crippen molar-refractivity contribution in [3.63, 3.8) is 0 Å². The molecule has 1 nitrogen and oxygen atoms in total. The van der Waals surface area contributed by atoms with Crippen LogP contribution in [0.15, 0.2) is 72.9 Å². The van der Waals surface area contributed by atoms with Gasteiger partial charge in [0, 0.05) is 11.2 Å². The molecule has 0 spiro atoms. The molecule has 3 aromatic carbocycles. The highest BCUT2D eigenvalue weighted by atomic mass is 35.5. The van der Waals surface area contributed by atoms with Gasteiger partial charge in [0.25, 0.3) is 0 Å². The molecule has 0 bridgehead atoms. The van der Waals surface area contributed by atoms with E-state index < -0.39 is 16.7 Å². The fourth-order valence-electron chi connectivity index (χ4n) is 3.53. The standard InChI is InChI=1S/C9H9ClF2.C9H10ClF.C9H12.C8H9Cl2N/c1-5(2)6-3-4-7(11)8(10)9(6)12;1-6(2)8-5-7(10)3-4-9(8)11;1-8(2)9-6-4-3-5-7-9;1-5(2)6-3-7(9)8(10)11-4-6/h3-5H,1-2H3;3-6H,1-2H3;3-8H,1-2H3;3-5H,1-2H3. The molecule has 0 amide bonds. The highest BCUT2D eigenvalue weighted by molar-refractivity contribution is 6.41. The molecule has 234 valence electrons. The Morgan fingerprint density at radius 1 is 0.558 bits per heavy atom. The van der Waals surface area contributed by atoms with Gasteiger partial charge in [-0.05, 0) is 76.3 Å². The van der Waals surface area contributed by atoms with Crippen LogP contribution in [0.4, 0.5) is 13.2 Å². The van der Waals surface area contributed by atoms with Gasteiger partial charge in [-0.25, -0.2) is 18.2 Å². The largest absolute Gasteiger partial charge is 0.243 e. The second-order valence-electron chi connectivity index (χ2n) is 11.0.